The molecule has 0 fully saturated rings. The van der Waals surface area contributed by atoms with Crippen molar-refractivity contribution in [3.8, 4) is 16.9 Å². The molecular formula is C16H13F3N2O3. The number of carbonyl (C=O) groups excluding carboxylic acids is 1. The lowest BCUT2D eigenvalue weighted by atomic mass is 10.0. The van der Waals surface area contributed by atoms with Crippen LogP contribution in [-0.4, -0.2) is 23.9 Å². The van der Waals surface area contributed by atoms with Crippen molar-refractivity contribution in [2.24, 2.45) is 0 Å². The highest BCUT2D eigenvalue weighted by Crippen LogP contribution is 2.31. The Morgan fingerprint density at radius 2 is 1.75 bits per heavy atom. The first-order valence-electron chi connectivity index (χ1n) is 7.03. The van der Waals surface area contributed by atoms with Crippen molar-refractivity contribution in [3.05, 3.63) is 48.0 Å². The summed E-state index contributed by atoms with van der Waals surface area (Å²) in [5.41, 5.74) is 2.30. The third-order valence-corrected chi connectivity index (χ3v) is 3.50. The zero-order valence-corrected chi connectivity index (χ0v) is 12.2. The Morgan fingerprint density at radius 1 is 1.08 bits per heavy atom. The molecule has 126 valence electrons. The molecule has 8 heteroatoms. The van der Waals surface area contributed by atoms with E-state index in [1.807, 2.05) is 0 Å². The third kappa shape index (κ3) is 3.66. The Kier molecular flexibility index (Phi) is 4.16. The van der Waals surface area contributed by atoms with Crippen molar-refractivity contribution in [1.82, 2.24) is 5.32 Å². The molecule has 2 aromatic carbocycles. The predicted octanol–water partition coefficient (Wildman–Crippen LogP) is 2.78. The van der Waals surface area contributed by atoms with E-state index in [1.165, 1.54) is 24.3 Å². The molecule has 1 unspecified atom stereocenters. The van der Waals surface area contributed by atoms with Crippen molar-refractivity contribution < 1.29 is 27.8 Å². The second kappa shape index (κ2) is 6.14. The molecule has 1 amide bonds. The number of rotatable bonds is 2. The summed E-state index contributed by atoms with van der Waals surface area (Å²) in [6.45, 7) is -0.0192. The molecule has 1 atom stereocenters. The van der Waals surface area contributed by atoms with Crippen LogP contribution in [0.5, 0.6) is 5.75 Å². The van der Waals surface area contributed by atoms with Crippen LogP contribution in [0.3, 0.4) is 0 Å². The fraction of sp³-hybridized carbons (Fsp3) is 0.188. The SMILES string of the molecule is O=C1CNC(O)c2cc(-c3ccc(OC(F)(F)F)cc3)ccc2N1. The van der Waals surface area contributed by atoms with Crippen molar-refractivity contribution in [2.45, 2.75) is 12.6 Å². The first kappa shape index (κ1) is 16.3. The van der Waals surface area contributed by atoms with Crippen molar-refractivity contribution in [1.29, 1.82) is 0 Å². The summed E-state index contributed by atoms with van der Waals surface area (Å²) in [6, 6.07) is 10.4. The average Bonchev–Trinajstić information content (AvgIpc) is 2.65. The molecule has 1 heterocycles. The van der Waals surface area contributed by atoms with Gasteiger partial charge < -0.3 is 15.2 Å². The van der Waals surface area contributed by atoms with Gasteiger partial charge in [-0.15, -0.1) is 13.2 Å². The van der Waals surface area contributed by atoms with E-state index in [2.05, 4.69) is 15.4 Å². The summed E-state index contributed by atoms with van der Waals surface area (Å²) in [7, 11) is 0. The zero-order valence-electron chi connectivity index (χ0n) is 12.2. The summed E-state index contributed by atoms with van der Waals surface area (Å²) in [5, 5.41) is 15.4. The van der Waals surface area contributed by atoms with Gasteiger partial charge in [-0.25, -0.2) is 0 Å². The van der Waals surface area contributed by atoms with Crippen LogP contribution in [0.4, 0.5) is 18.9 Å². The molecule has 0 spiro atoms. The number of aliphatic hydroxyl groups excluding tert-OH is 1. The summed E-state index contributed by atoms with van der Waals surface area (Å²) in [4.78, 5) is 11.5. The zero-order chi connectivity index (χ0) is 17.3. The molecule has 24 heavy (non-hydrogen) atoms. The number of fused-ring (bicyclic) bond motifs is 1. The molecule has 1 aliphatic heterocycles. The van der Waals surface area contributed by atoms with E-state index in [0.29, 0.717) is 22.4 Å². The van der Waals surface area contributed by atoms with Crippen LogP contribution in [0.15, 0.2) is 42.5 Å². The highest BCUT2D eigenvalue weighted by Gasteiger charge is 2.31. The summed E-state index contributed by atoms with van der Waals surface area (Å²) in [5.74, 6) is -0.579. The van der Waals surface area contributed by atoms with Crippen LogP contribution in [0.1, 0.15) is 11.8 Å². The number of alkyl halides is 3. The molecule has 3 N–H and O–H groups in total. The third-order valence-electron chi connectivity index (χ3n) is 3.50. The second-order valence-corrected chi connectivity index (χ2v) is 5.21. The smallest absolute Gasteiger partial charge is 0.406 e. The number of benzene rings is 2. The van der Waals surface area contributed by atoms with E-state index >= 15 is 0 Å². The van der Waals surface area contributed by atoms with Gasteiger partial charge in [-0.3, -0.25) is 10.1 Å². The molecule has 3 rings (SSSR count). The van der Waals surface area contributed by atoms with Gasteiger partial charge >= 0.3 is 6.36 Å². The van der Waals surface area contributed by atoms with Crippen LogP contribution in [0.2, 0.25) is 0 Å². The number of hydrogen-bond donors (Lipinski definition) is 3. The van der Waals surface area contributed by atoms with Gasteiger partial charge in [0, 0.05) is 11.3 Å². The first-order chi connectivity index (χ1) is 11.3. The molecule has 0 bridgehead atoms. The van der Waals surface area contributed by atoms with Gasteiger partial charge in [0.05, 0.1) is 6.54 Å². The molecule has 0 radical (unpaired) electrons. The fourth-order valence-corrected chi connectivity index (χ4v) is 2.43. The quantitative estimate of drug-likeness (QED) is 0.787. The minimum atomic E-state index is -4.74. The molecule has 0 aliphatic carbocycles. The fourth-order valence-electron chi connectivity index (χ4n) is 2.43. The summed E-state index contributed by atoms with van der Waals surface area (Å²) < 4.78 is 40.4. The van der Waals surface area contributed by atoms with Crippen LogP contribution in [0, 0.1) is 0 Å². The van der Waals surface area contributed by atoms with Gasteiger partial charge in [0.15, 0.2) is 0 Å². The highest BCUT2D eigenvalue weighted by molar-refractivity contribution is 5.94. The van der Waals surface area contributed by atoms with Crippen molar-refractivity contribution in [3.63, 3.8) is 0 Å². The lowest BCUT2D eigenvalue weighted by Crippen LogP contribution is -2.26. The van der Waals surface area contributed by atoms with E-state index in [0.717, 1.165) is 0 Å². The maximum atomic E-state index is 12.2. The van der Waals surface area contributed by atoms with Crippen LogP contribution < -0.4 is 15.4 Å². The number of nitrogens with one attached hydrogen (secondary N) is 2. The van der Waals surface area contributed by atoms with Gasteiger partial charge in [0.2, 0.25) is 5.91 Å². The number of amides is 1. The van der Waals surface area contributed by atoms with Gasteiger partial charge in [-0.2, -0.15) is 0 Å². The summed E-state index contributed by atoms with van der Waals surface area (Å²) >= 11 is 0. The van der Waals surface area contributed by atoms with E-state index in [9.17, 15) is 23.1 Å². The van der Waals surface area contributed by atoms with E-state index in [1.54, 1.807) is 18.2 Å². The van der Waals surface area contributed by atoms with Gasteiger partial charge in [0.25, 0.3) is 0 Å². The number of hydrogen-bond acceptors (Lipinski definition) is 4. The van der Waals surface area contributed by atoms with Crippen LogP contribution in [0.25, 0.3) is 11.1 Å². The Balaban J connectivity index is 1.89. The highest BCUT2D eigenvalue weighted by atomic mass is 19.4. The topological polar surface area (TPSA) is 70.6 Å². The number of halogens is 3. The summed E-state index contributed by atoms with van der Waals surface area (Å²) in [6.07, 6.45) is -5.76. The van der Waals surface area contributed by atoms with Crippen LogP contribution in [-0.2, 0) is 4.79 Å². The second-order valence-electron chi connectivity index (χ2n) is 5.21. The number of ether oxygens (including phenoxy) is 1. The molecule has 0 saturated heterocycles. The molecule has 5 nitrogen and oxygen atoms in total. The van der Waals surface area contributed by atoms with Crippen molar-refractivity contribution in [2.75, 3.05) is 11.9 Å². The van der Waals surface area contributed by atoms with E-state index in [-0.39, 0.29) is 18.2 Å². The molecule has 1 aliphatic rings. The Bertz CT molecular complexity index is 760. The number of carbonyl (C=O) groups is 1. The maximum absolute atomic E-state index is 12.2. The minimum Gasteiger partial charge on any atom is -0.406 e. The predicted molar refractivity (Wildman–Crippen MR) is 80.2 cm³/mol. The van der Waals surface area contributed by atoms with E-state index < -0.39 is 12.6 Å². The normalized spacial score (nSPS) is 17.7. The maximum Gasteiger partial charge on any atom is 0.573 e. The van der Waals surface area contributed by atoms with E-state index in [4.69, 9.17) is 0 Å². The minimum absolute atomic E-state index is 0.0192. The number of anilines is 1. The van der Waals surface area contributed by atoms with Crippen molar-refractivity contribution >= 4 is 11.6 Å². The van der Waals surface area contributed by atoms with Gasteiger partial charge in [-0.1, -0.05) is 18.2 Å². The Labute approximate surface area is 135 Å². The monoisotopic (exact) mass is 338 g/mol. The molecular weight excluding hydrogens is 325 g/mol. The molecule has 0 saturated carbocycles. The Morgan fingerprint density at radius 3 is 2.42 bits per heavy atom. The van der Waals surface area contributed by atoms with Gasteiger partial charge in [-0.05, 0) is 35.4 Å². The average molecular weight is 338 g/mol. The largest absolute Gasteiger partial charge is 0.573 e. The standard InChI is InChI=1S/C16H13F3N2O3/c17-16(18,19)24-11-4-1-9(2-5-11)10-3-6-13-12(7-10)15(23)20-8-14(22)21-13/h1-7,15,20,23H,8H2,(H,21,22). The lowest BCUT2D eigenvalue weighted by Gasteiger charge is -2.14. The molecule has 2 aromatic rings. The van der Waals surface area contributed by atoms with Gasteiger partial charge in [0.1, 0.15) is 12.0 Å². The first-order valence-corrected chi connectivity index (χ1v) is 7.03. The van der Waals surface area contributed by atoms with Crippen LogP contribution >= 0.6 is 0 Å². The molecule has 0 aromatic heterocycles. The lowest BCUT2D eigenvalue weighted by molar-refractivity contribution is -0.274. The Hall–Kier alpha value is -2.58. The number of aliphatic hydroxyl groups is 1.